The van der Waals surface area contributed by atoms with Crippen molar-refractivity contribution in [2.75, 3.05) is 31.1 Å². The Morgan fingerprint density at radius 3 is 2.61 bits per heavy atom. The van der Waals surface area contributed by atoms with Crippen LogP contribution in [0.1, 0.15) is 51.0 Å². The molecule has 1 atom stereocenters. The van der Waals surface area contributed by atoms with Gasteiger partial charge in [-0.05, 0) is 43.4 Å². The van der Waals surface area contributed by atoms with E-state index in [1.165, 1.54) is 5.56 Å². The van der Waals surface area contributed by atoms with Gasteiger partial charge in [0, 0.05) is 44.7 Å². The molecule has 1 N–H and O–H groups in total. The zero-order valence-corrected chi connectivity index (χ0v) is 16.8. The standard InChI is InChI=1S/C22H31N3O3/c1-2-3-6-17-8-10-19(11-9-17)25-16-18(15-21(25)27)22(28)23-12-5-14-24-13-4-7-20(24)26/h8-11,18H,2-7,12-16H2,1H3,(H,23,28). The topological polar surface area (TPSA) is 69.7 Å². The van der Waals surface area contributed by atoms with E-state index in [0.717, 1.165) is 44.3 Å². The first-order valence-electron chi connectivity index (χ1n) is 10.5. The Labute approximate surface area is 167 Å². The number of hydrogen-bond donors (Lipinski definition) is 1. The highest BCUT2D eigenvalue weighted by molar-refractivity contribution is 6.00. The Hall–Kier alpha value is -2.37. The molecule has 1 unspecified atom stereocenters. The minimum absolute atomic E-state index is 0.00382. The molecule has 0 aliphatic carbocycles. The molecule has 1 aromatic rings. The molecule has 6 nitrogen and oxygen atoms in total. The first kappa shape index (κ1) is 20.4. The molecular formula is C22H31N3O3. The summed E-state index contributed by atoms with van der Waals surface area (Å²) in [5.74, 6) is -0.156. The third-order valence-corrected chi connectivity index (χ3v) is 5.64. The highest BCUT2D eigenvalue weighted by atomic mass is 16.2. The number of carbonyl (C=O) groups excluding carboxylic acids is 3. The molecule has 0 spiro atoms. The Bertz CT molecular complexity index is 701. The van der Waals surface area contributed by atoms with Crippen LogP contribution in [-0.2, 0) is 20.8 Å². The van der Waals surface area contributed by atoms with Crippen molar-refractivity contribution in [2.24, 2.45) is 5.92 Å². The van der Waals surface area contributed by atoms with Gasteiger partial charge in [0.2, 0.25) is 17.7 Å². The first-order valence-corrected chi connectivity index (χ1v) is 10.5. The normalized spacial score (nSPS) is 19.5. The summed E-state index contributed by atoms with van der Waals surface area (Å²) in [5.41, 5.74) is 2.15. The second-order valence-electron chi connectivity index (χ2n) is 7.80. The fourth-order valence-corrected chi connectivity index (χ4v) is 3.92. The maximum absolute atomic E-state index is 12.4. The van der Waals surface area contributed by atoms with Crippen molar-refractivity contribution in [3.05, 3.63) is 29.8 Å². The van der Waals surface area contributed by atoms with Crippen LogP contribution in [0.5, 0.6) is 0 Å². The van der Waals surface area contributed by atoms with Crippen molar-refractivity contribution in [3.8, 4) is 0 Å². The van der Waals surface area contributed by atoms with Gasteiger partial charge in [0.1, 0.15) is 0 Å². The third-order valence-electron chi connectivity index (χ3n) is 5.64. The average molecular weight is 386 g/mol. The van der Waals surface area contributed by atoms with Gasteiger partial charge in [-0.15, -0.1) is 0 Å². The number of benzene rings is 1. The molecule has 0 bridgehead atoms. The summed E-state index contributed by atoms with van der Waals surface area (Å²) in [6.45, 7) is 4.67. The molecule has 2 saturated heterocycles. The lowest BCUT2D eigenvalue weighted by molar-refractivity contribution is -0.127. The molecule has 0 radical (unpaired) electrons. The number of likely N-dealkylation sites (tertiary alicyclic amines) is 1. The average Bonchev–Trinajstić information content (AvgIpc) is 3.29. The molecule has 2 aliphatic heterocycles. The van der Waals surface area contributed by atoms with E-state index >= 15 is 0 Å². The van der Waals surface area contributed by atoms with E-state index in [2.05, 4.69) is 24.4 Å². The Kier molecular flexibility index (Phi) is 7.06. The monoisotopic (exact) mass is 385 g/mol. The molecule has 0 aromatic heterocycles. The van der Waals surface area contributed by atoms with Gasteiger partial charge in [0.05, 0.1) is 5.92 Å². The lowest BCUT2D eigenvalue weighted by atomic mass is 10.1. The van der Waals surface area contributed by atoms with Crippen LogP contribution in [0.4, 0.5) is 5.69 Å². The minimum Gasteiger partial charge on any atom is -0.356 e. The summed E-state index contributed by atoms with van der Waals surface area (Å²) in [6, 6.07) is 8.11. The van der Waals surface area contributed by atoms with Crippen LogP contribution >= 0.6 is 0 Å². The zero-order valence-electron chi connectivity index (χ0n) is 16.8. The van der Waals surface area contributed by atoms with Crippen LogP contribution in [0.15, 0.2) is 24.3 Å². The van der Waals surface area contributed by atoms with Crippen LogP contribution in [-0.4, -0.2) is 48.8 Å². The van der Waals surface area contributed by atoms with Crippen molar-refractivity contribution in [2.45, 2.75) is 51.9 Å². The molecule has 2 fully saturated rings. The number of anilines is 1. The van der Waals surface area contributed by atoms with Crippen molar-refractivity contribution in [3.63, 3.8) is 0 Å². The van der Waals surface area contributed by atoms with Crippen molar-refractivity contribution in [1.29, 1.82) is 0 Å². The highest BCUT2D eigenvalue weighted by Gasteiger charge is 2.35. The molecular weight excluding hydrogens is 354 g/mol. The van der Waals surface area contributed by atoms with Crippen LogP contribution in [0.2, 0.25) is 0 Å². The molecule has 3 rings (SSSR count). The van der Waals surface area contributed by atoms with Gasteiger partial charge in [0.25, 0.3) is 0 Å². The fraction of sp³-hybridized carbons (Fsp3) is 0.591. The highest BCUT2D eigenvalue weighted by Crippen LogP contribution is 2.26. The van der Waals surface area contributed by atoms with Crippen LogP contribution in [0.3, 0.4) is 0 Å². The number of unbranched alkanes of at least 4 members (excludes halogenated alkanes) is 1. The second-order valence-corrected chi connectivity index (χ2v) is 7.80. The van der Waals surface area contributed by atoms with E-state index in [9.17, 15) is 14.4 Å². The van der Waals surface area contributed by atoms with E-state index in [1.807, 2.05) is 17.0 Å². The lowest BCUT2D eigenvalue weighted by Crippen LogP contribution is -2.35. The van der Waals surface area contributed by atoms with Gasteiger partial charge < -0.3 is 15.1 Å². The minimum atomic E-state index is -0.305. The van der Waals surface area contributed by atoms with Gasteiger partial charge >= 0.3 is 0 Å². The molecule has 6 heteroatoms. The van der Waals surface area contributed by atoms with Crippen LogP contribution < -0.4 is 10.2 Å². The zero-order chi connectivity index (χ0) is 19.9. The number of aryl methyl sites for hydroxylation is 1. The van der Waals surface area contributed by atoms with E-state index in [0.29, 0.717) is 26.1 Å². The lowest BCUT2D eigenvalue weighted by Gasteiger charge is -2.18. The van der Waals surface area contributed by atoms with Crippen molar-refractivity contribution >= 4 is 23.4 Å². The van der Waals surface area contributed by atoms with Crippen LogP contribution in [0.25, 0.3) is 0 Å². The van der Waals surface area contributed by atoms with Crippen molar-refractivity contribution in [1.82, 2.24) is 10.2 Å². The summed E-state index contributed by atoms with van der Waals surface area (Å²) >= 11 is 0. The smallest absolute Gasteiger partial charge is 0.227 e. The van der Waals surface area contributed by atoms with Gasteiger partial charge in [-0.1, -0.05) is 25.5 Å². The van der Waals surface area contributed by atoms with Gasteiger partial charge in [-0.25, -0.2) is 0 Å². The molecule has 28 heavy (non-hydrogen) atoms. The Morgan fingerprint density at radius 1 is 1.14 bits per heavy atom. The molecule has 1 aromatic carbocycles. The molecule has 0 saturated carbocycles. The molecule has 2 aliphatic rings. The first-order chi connectivity index (χ1) is 13.6. The second kappa shape index (κ2) is 9.71. The number of hydrogen-bond acceptors (Lipinski definition) is 3. The third kappa shape index (κ3) is 5.12. The predicted octanol–water partition coefficient (Wildman–Crippen LogP) is 2.51. The van der Waals surface area contributed by atoms with E-state index in [1.54, 1.807) is 4.90 Å². The summed E-state index contributed by atoms with van der Waals surface area (Å²) < 4.78 is 0. The fourth-order valence-electron chi connectivity index (χ4n) is 3.92. The summed E-state index contributed by atoms with van der Waals surface area (Å²) in [7, 11) is 0. The van der Waals surface area contributed by atoms with E-state index < -0.39 is 0 Å². The molecule has 2 heterocycles. The Morgan fingerprint density at radius 2 is 1.93 bits per heavy atom. The van der Waals surface area contributed by atoms with Gasteiger partial charge in [0.15, 0.2) is 0 Å². The molecule has 3 amide bonds. The number of nitrogens with one attached hydrogen (secondary N) is 1. The largest absolute Gasteiger partial charge is 0.356 e. The SMILES string of the molecule is CCCCc1ccc(N2CC(C(=O)NCCCN3CCCC3=O)CC2=O)cc1. The number of amides is 3. The van der Waals surface area contributed by atoms with Crippen molar-refractivity contribution < 1.29 is 14.4 Å². The van der Waals surface area contributed by atoms with Gasteiger partial charge in [-0.3, -0.25) is 14.4 Å². The summed E-state index contributed by atoms with van der Waals surface area (Å²) in [6.07, 6.45) is 5.97. The Balaban J connectivity index is 1.44. The van der Waals surface area contributed by atoms with Gasteiger partial charge in [-0.2, -0.15) is 0 Å². The summed E-state index contributed by atoms with van der Waals surface area (Å²) in [4.78, 5) is 40.0. The molecule has 152 valence electrons. The summed E-state index contributed by atoms with van der Waals surface area (Å²) in [5, 5.41) is 2.93. The van der Waals surface area contributed by atoms with Crippen LogP contribution in [0, 0.1) is 5.92 Å². The maximum atomic E-state index is 12.4. The number of carbonyl (C=O) groups is 3. The predicted molar refractivity (Wildman–Crippen MR) is 109 cm³/mol. The quantitative estimate of drug-likeness (QED) is 0.664. The van der Waals surface area contributed by atoms with E-state index in [4.69, 9.17) is 0 Å². The number of rotatable bonds is 9. The number of nitrogens with zero attached hydrogens (tertiary/aromatic N) is 2. The van der Waals surface area contributed by atoms with E-state index in [-0.39, 0.29) is 30.1 Å². The maximum Gasteiger partial charge on any atom is 0.227 e.